The highest BCUT2D eigenvalue weighted by Gasteiger charge is 2.08. The molecular weight excluding hydrogens is 160 g/mol. The Morgan fingerprint density at radius 1 is 1.64 bits per heavy atom. The minimum absolute atomic E-state index is 0.201. The van der Waals surface area contributed by atoms with Crippen LogP contribution in [0.3, 0.4) is 0 Å². The fraction of sp³-hybridized carbons (Fsp3) is 0.125. The first-order valence-electron chi connectivity index (χ1n) is 2.92. The Morgan fingerprint density at radius 2 is 2.18 bits per heavy atom. The second-order valence-corrected chi connectivity index (χ2v) is 2.65. The van der Waals surface area contributed by atoms with Crippen LogP contribution in [-0.4, -0.2) is 17.3 Å². The van der Waals surface area contributed by atoms with Crippen molar-refractivity contribution in [1.82, 2.24) is 0 Å². The molecule has 11 heavy (non-hydrogen) atoms. The summed E-state index contributed by atoms with van der Waals surface area (Å²) in [6.45, 7) is 6.99. The first kappa shape index (κ1) is 10.0. The van der Waals surface area contributed by atoms with E-state index in [-0.39, 0.29) is 5.57 Å². The summed E-state index contributed by atoms with van der Waals surface area (Å²) in [5, 5.41) is 8.62. The Morgan fingerprint density at radius 3 is 2.45 bits per heavy atom. The van der Waals surface area contributed by atoms with Crippen molar-refractivity contribution in [3.05, 3.63) is 35.8 Å². The molecule has 0 saturated heterocycles. The molecule has 0 atom stereocenters. The van der Waals surface area contributed by atoms with E-state index in [9.17, 15) is 4.79 Å². The Balaban J connectivity index is 4.61. The van der Waals surface area contributed by atoms with Gasteiger partial charge < -0.3 is 5.11 Å². The van der Waals surface area contributed by atoms with Gasteiger partial charge in [-0.05, 0) is 12.3 Å². The number of thioether (sulfide) groups is 1. The van der Waals surface area contributed by atoms with Crippen molar-refractivity contribution in [3.63, 3.8) is 0 Å². The summed E-state index contributed by atoms with van der Waals surface area (Å²) < 4.78 is 0. The van der Waals surface area contributed by atoms with Gasteiger partial charge in [0.1, 0.15) is 0 Å². The highest BCUT2D eigenvalue weighted by atomic mass is 32.2. The lowest BCUT2D eigenvalue weighted by molar-refractivity contribution is -0.132. The van der Waals surface area contributed by atoms with Crippen LogP contribution in [0.15, 0.2) is 35.8 Å². The van der Waals surface area contributed by atoms with Crippen molar-refractivity contribution in [2.75, 3.05) is 6.26 Å². The van der Waals surface area contributed by atoms with E-state index < -0.39 is 5.97 Å². The molecule has 0 heterocycles. The van der Waals surface area contributed by atoms with Crippen LogP contribution in [0.1, 0.15) is 0 Å². The van der Waals surface area contributed by atoms with Gasteiger partial charge in [0.05, 0.1) is 5.57 Å². The molecule has 1 N–H and O–H groups in total. The van der Waals surface area contributed by atoms with Gasteiger partial charge in [0.25, 0.3) is 0 Å². The molecule has 0 saturated carbocycles. The zero-order valence-corrected chi connectivity index (χ0v) is 7.15. The SMILES string of the molecule is C=C/C=C(\C(=C)SC)C(=O)O. The minimum Gasteiger partial charge on any atom is -0.478 e. The third kappa shape index (κ3) is 3.09. The Bertz CT molecular complexity index is 216. The lowest BCUT2D eigenvalue weighted by Crippen LogP contribution is -2.00. The molecule has 0 amide bonds. The summed E-state index contributed by atoms with van der Waals surface area (Å²) in [6.07, 6.45) is 4.65. The quantitative estimate of drug-likeness (QED) is 0.518. The smallest absolute Gasteiger partial charge is 0.336 e. The lowest BCUT2D eigenvalue weighted by atomic mass is 10.2. The van der Waals surface area contributed by atoms with Crippen molar-refractivity contribution in [2.24, 2.45) is 0 Å². The van der Waals surface area contributed by atoms with Crippen molar-refractivity contribution < 1.29 is 9.90 Å². The number of hydrogen-bond donors (Lipinski definition) is 1. The first-order valence-corrected chi connectivity index (χ1v) is 4.15. The Labute approximate surface area is 70.3 Å². The van der Waals surface area contributed by atoms with Crippen LogP contribution in [0.5, 0.6) is 0 Å². The number of carbonyl (C=O) groups is 1. The fourth-order valence-electron chi connectivity index (χ4n) is 0.511. The molecule has 0 rings (SSSR count). The van der Waals surface area contributed by atoms with E-state index >= 15 is 0 Å². The van der Waals surface area contributed by atoms with Crippen molar-refractivity contribution in [1.29, 1.82) is 0 Å². The van der Waals surface area contributed by atoms with Gasteiger partial charge in [0.15, 0.2) is 0 Å². The van der Waals surface area contributed by atoms with Gasteiger partial charge >= 0.3 is 5.97 Å². The number of carboxylic acids is 1. The number of carboxylic acid groups (broad SMARTS) is 1. The van der Waals surface area contributed by atoms with E-state index in [1.54, 1.807) is 6.26 Å². The van der Waals surface area contributed by atoms with E-state index in [1.807, 2.05) is 0 Å². The van der Waals surface area contributed by atoms with Crippen LogP contribution in [0.2, 0.25) is 0 Å². The fourth-order valence-corrected chi connectivity index (χ4v) is 0.887. The second-order valence-electron chi connectivity index (χ2n) is 1.75. The number of hydrogen-bond acceptors (Lipinski definition) is 2. The number of aliphatic carboxylic acids is 1. The van der Waals surface area contributed by atoms with Gasteiger partial charge in [-0.3, -0.25) is 0 Å². The topological polar surface area (TPSA) is 37.3 Å². The van der Waals surface area contributed by atoms with Crippen LogP contribution >= 0.6 is 11.8 Å². The van der Waals surface area contributed by atoms with Crippen molar-refractivity contribution in [2.45, 2.75) is 0 Å². The predicted molar refractivity (Wildman–Crippen MR) is 48.6 cm³/mol. The van der Waals surface area contributed by atoms with Crippen LogP contribution in [-0.2, 0) is 4.79 Å². The third-order valence-corrected chi connectivity index (χ3v) is 1.77. The van der Waals surface area contributed by atoms with Gasteiger partial charge in [-0.1, -0.05) is 19.2 Å². The molecule has 0 fully saturated rings. The molecule has 0 aliphatic heterocycles. The van der Waals surface area contributed by atoms with Crippen LogP contribution in [0.4, 0.5) is 0 Å². The average Bonchev–Trinajstić information content (AvgIpc) is 1.98. The molecule has 0 aromatic carbocycles. The van der Waals surface area contributed by atoms with Crippen LogP contribution in [0, 0.1) is 0 Å². The third-order valence-electron chi connectivity index (χ3n) is 1.06. The molecule has 0 aromatic rings. The Kier molecular flexibility index (Phi) is 4.38. The summed E-state index contributed by atoms with van der Waals surface area (Å²) in [5.41, 5.74) is 0.201. The molecule has 0 unspecified atom stereocenters. The molecule has 0 aliphatic carbocycles. The van der Waals surface area contributed by atoms with Crippen molar-refractivity contribution in [3.8, 4) is 0 Å². The average molecular weight is 170 g/mol. The largest absolute Gasteiger partial charge is 0.478 e. The molecule has 2 nitrogen and oxygen atoms in total. The molecule has 0 aromatic heterocycles. The monoisotopic (exact) mass is 170 g/mol. The maximum Gasteiger partial charge on any atom is 0.336 e. The highest BCUT2D eigenvalue weighted by molar-refractivity contribution is 8.02. The normalized spacial score (nSPS) is 10.8. The summed E-state index contributed by atoms with van der Waals surface area (Å²) in [5.74, 6) is -0.968. The maximum atomic E-state index is 10.5. The molecule has 0 bridgehead atoms. The summed E-state index contributed by atoms with van der Waals surface area (Å²) in [4.78, 5) is 11.0. The molecule has 0 aliphatic rings. The molecular formula is C8H10O2S. The van der Waals surface area contributed by atoms with Gasteiger partial charge in [-0.25, -0.2) is 4.79 Å². The molecule has 3 heteroatoms. The maximum absolute atomic E-state index is 10.5. The second kappa shape index (κ2) is 4.79. The van der Waals surface area contributed by atoms with Gasteiger partial charge in [-0.15, -0.1) is 11.8 Å². The summed E-state index contributed by atoms with van der Waals surface area (Å²) in [7, 11) is 0. The molecule has 60 valence electrons. The number of rotatable bonds is 4. The van der Waals surface area contributed by atoms with Crippen LogP contribution in [0.25, 0.3) is 0 Å². The zero-order valence-electron chi connectivity index (χ0n) is 6.33. The van der Waals surface area contributed by atoms with E-state index in [0.717, 1.165) is 0 Å². The van der Waals surface area contributed by atoms with Gasteiger partial charge in [-0.2, -0.15) is 0 Å². The summed E-state index contributed by atoms with van der Waals surface area (Å²) in [6, 6.07) is 0. The Hall–Kier alpha value is -0.960. The van der Waals surface area contributed by atoms with E-state index in [0.29, 0.717) is 4.91 Å². The first-order chi connectivity index (χ1) is 5.13. The van der Waals surface area contributed by atoms with E-state index in [4.69, 9.17) is 5.11 Å². The van der Waals surface area contributed by atoms with Gasteiger partial charge in [0.2, 0.25) is 0 Å². The standard InChI is InChI=1S/C8H10O2S/c1-4-5-7(8(9)10)6(2)11-3/h4-5H,1-2H2,3H3,(H,9,10)/b7-5+. The summed E-state index contributed by atoms with van der Waals surface area (Å²) >= 11 is 1.31. The molecule has 0 spiro atoms. The lowest BCUT2D eigenvalue weighted by Gasteiger charge is -2.00. The number of allylic oxidation sites excluding steroid dienone is 2. The van der Waals surface area contributed by atoms with E-state index in [1.165, 1.54) is 23.9 Å². The zero-order chi connectivity index (χ0) is 8.85. The highest BCUT2D eigenvalue weighted by Crippen LogP contribution is 2.18. The van der Waals surface area contributed by atoms with E-state index in [2.05, 4.69) is 13.2 Å². The minimum atomic E-state index is -0.968. The van der Waals surface area contributed by atoms with Crippen molar-refractivity contribution >= 4 is 17.7 Å². The predicted octanol–water partition coefficient (Wildman–Crippen LogP) is 2.06. The van der Waals surface area contributed by atoms with Gasteiger partial charge in [0, 0.05) is 4.91 Å². The van der Waals surface area contributed by atoms with Crippen LogP contribution < -0.4 is 0 Å². The molecule has 0 radical (unpaired) electrons.